The number of methoxy groups -OCH3 is 1. The van der Waals surface area contributed by atoms with Crippen LogP contribution in [0.3, 0.4) is 0 Å². The van der Waals surface area contributed by atoms with Gasteiger partial charge < -0.3 is 14.6 Å². The molecule has 2 aromatic carbocycles. The van der Waals surface area contributed by atoms with Gasteiger partial charge in [0.1, 0.15) is 5.82 Å². The van der Waals surface area contributed by atoms with E-state index in [1.807, 2.05) is 46.9 Å². The quantitative estimate of drug-likeness (QED) is 0.366. The molecule has 2 heterocycles. The average molecular weight is 578 g/mol. The Hall–Kier alpha value is -4.06. The molecule has 1 saturated carbocycles. The number of benzene rings is 2. The lowest BCUT2D eigenvalue weighted by molar-refractivity contribution is 0.102. The van der Waals surface area contributed by atoms with Crippen LogP contribution in [0, 0.1) is 13.8 Å². The minimum atomic E-state index is -3.61. The van der Waals surface area contributed by atoms with Crippen molar-refractivity contribution in [3.63, 3.8) is 0 Å². The Morgan fingerprint density at radius 3 is 2.41 bits per heavy atom. The van der Waals surface area contributed by atoms with Crippen LogP contribution in [-0.2, 0) is 21.0 Å². The second-order valence-corrected chi connectivity index (χ2v) is 13.5. The van der Waals surface area contributed by atoms with Crippen LogP contribution in [-0.4, -0.2) is 43.5 Å². The molecule has 0 radical (unpaired) electrons. The van der Waals surface area contributed by atoms with E-state index in [9.17, 15) is 13.2 Å². The molecule has 1 aliphatic heterocycles. The summed E-state index contributed by atoms with van der Waals surface area (Å²) in [6, 6.07) is 9.30. The molecule has 1 atom stereocenters. The normalized spacial score (nSPS) is 18.5. The lowest BCUT2D eigenvalue weighted by Crippen LogP contribution is -2.30. The molecule has 1 fully saturated rings. The third-order valence-electron chi connectivity index (χ3n) is 7.40. The number of sulfonamides is 1. The fraction of sp³-hybridized carbons (Fsp3) is 0.414. The zero-order valence-corrected chi connectivity index (χ0v) is 25.1. The number of anilines is 2. The number of amides is 1. The lowest BCUT2D eigenvalue weighted by atomic mass is 9.84. The van der Waals surface area contributed by atoms with Crippen molar-refractivity contribution in [1.29, 1.82) is 0 Å². The molecule has 1 aromatic heterocycles. The van der Waals surface area contributed by atoms with Gasteiger partial charge in [0.2, 0.25) is 10.0 Å². The Balaban J connectivity index is 1.57. The number of hydrogen-bond donors (Lipinski definition) is 2. The van der Waals surface area contributed by atoms with Crippen molar-refractivity contribution >= 4 is 33.5 Å². The Kier molecular flexibility index (Phi) is 7.01. The van der Waals surface area contributed by atoms with E-state index in [4.69, 9.17) is 4.74 Å². The molecule has 1 unspecified atom stereocenters. The number of nitrogens with one attached hydrogen (secondary N) is 2. The highest BCUT2D eigenvalue weighted by Gasteiger charge is 2.43. The summed E-state index contributed by atoms with van der Waals surface area (Å²) >= 11 is 0. The van der Waals surface area contributed by atoms with Crippen molar-refractivity contribution in [2.45, 2.75) is 64.5 Å². The molecule has 0 spiro atoms. The van der Waals surface area contributed by atoms with Crippen molar-refractivity contribution in [2.24, 2.45) is 15.4 Å². The number of ether oxygens (including phenoxy) is 1. The first-order valence-electron chi connectivity index (χ1n) is 13.4. The van der Waals surface area contributed by atoms with E-state index in [2.05, 4.69) is 35.0 Å². The summed E-state index contributed by atoms with van der Waals surface area (Å²) in [7, 11) is -2.18. The molecule has 12 heteroatoms. The van der Waals surface area contributed by atoms with Crippen molar-refractivity contribution < 1.29 is 17.9 Å². The predicted octanol–water partition coefficient (Wildman–Crippen LogP) is 5.46. The molecule has 3 aromatic rings. The SMILES string of the molecule is COc1c(NC(=O)c2ccc(C)c(C3(c4cnc(C)n4C4CC4)C=NN=N3)c2)cc(C(C)(C)C)cc1NS(C)(=O)=O. The van der Waals surface area contributed by atoms with Crippen LogP contribution in [0.1, 0.15) is 78.2 Å². The van der Waals surface area contributed by atoms with E-state index in [-0.39, 0.29) is 16.9 Å². The minimum absolute atomic E-state index is 0.209. The summed E-state index contributed by atoms with van der Waals surface area (Å²) in [5, 5.41) is 15.6. The van der Waals surface area contributed by atoms with Crippen LogP contribution in [0.2, 0.25) is 0 Å². The lowest BCUT2D eigenvalue weighted by Gasteiger charge is -2.26. The number of rotatable bonds is 8. The molecule has 2 N–H and O–H groups in total. The molecule has 0 saturated heterocycles. The van der Waals surface area contributed by atoms with Crippen LogP contribution in [0.4, 0.5) is 11.4 Å². The molecule has 0 bridgehead atoms. The van der Waals surface area contributed by atoms with Crippen LogP contribution < -0.4 is 14.8 Å². The highest BCUT2D eigenvalue weighted by molar-refractivity contribution is 7.92. The van der Waals surface area contributed by atoms with Crippen LogP contribution >= 0.6 is 0 Å². The van der Waals surface area contributed by atoms with Gasteiger partial charge >= 0.3 is 0 Å². The first-order chi connectivity index (χ1) is 19.2. The van der Waals surface area contributed by atoms with Crippen molar-refractivity contribution in [3.8, 4) is 5.75 Å². The Morgan fingerprint density at radius 1 is 1.12 bits per heavy atom. The number of aryl methyl sites for hydroxylation is 2. The molecular formula is C29H35N7O4S. The van der Waals surface area contributed by atoms with E-state index >= 15 is 0 Å². The highest BCUT2D eigenvalue weighted by atomic mass is 32.2. The average Bonchev–Trinajstić information content (AvgIpc) is 3.45. The van der Waals surface area contributed by atoms with Crippen molar-refractivity contribution in [3.05, 3.63) is 70.3 Å². The third-order valence-corrected chi connectivity index (χ3v) is 7.99. The predicted molar refractivity (Wildman–Crippen MR) is 159 cm³/mol. The first-order valence-corrected chi connectivity index (χ1v) is 15.3. The van der Waals surface area contributed by atoms with Gasteiger partial charge in [0, 0.05) is 11.6 Å². The molecule has 41 heavy (non-hydrogen) atoms. The van der Waals surface area contributed by atoms with Gasteiger partial charge in [-0.3, -0.25) is 9.52 Å². The summed E-state index contributed by atoms with van der Waals surface area (Å²) in [4.78, 5) is 18.3. The fourth-order valence-electron chi connectivity index (χ4n) is 5.16. The van der Waals surface area contributed by atoms with Gasteiger partial charge in [0.05, 0.1) is 42.8 Å². The highest BCUT2D eigenvalue weighted by Crippen LogP contribution is 2.44. The number of aromatic nitrogens is 2. The molecule has 2 aliphatic rings. The zero-order valence-electron chi connectivity index (χ0n) is 24.3. The molecular weight excluding hydrogens is 542 g/mol. The van der Waals surface area contributed by atoms with Gasteiger partial charge in [-0.1, -0.05) is 26.8 Å². The van der Waals surface area contributed by atoms with Gasteiger partial charge in [-0.25, -0.2) is 13.4 Å². The monoisotopic (exact) mass is 577 g/mol. The van der Waals surface area contributed by atoms with E-state index in [0.29, 0.717) is 17.3 Å². The number of imidazole rings is 1. The minimum Gasteiger partial charge on any atom is -0.492 e. The van der Waals surface area contributed by atoms with E-state index in [0.717, 1.165) is 47.3 Å². The van der Waals surface area contributed by atoms with Gasteiger partial charge in [0.15, 0.2) is 11.3 Å². The fourth-order valence-corrected chi connectivity index (χ4v) is 5.71. The maximum Gasteiger partial charge on any atom is 0.255 e. The van der Waals surface area contributed by atoms with Gasteiger partial charge in [-0.15, -0.1) is 10.2 Å². The maximum absolute atomic E-state index is 13.7. The zero-order chi connectivity index (χ0) is 29.7. The molecule has 11 nitrogen and oxygen atoms in total. The standard InChI is InChI=1S/C29H35N7O4S/c1-17-8-9-19(12-22(17)29(16-31-35-34-29)25-15-30-18(2)36(25)21-10-11-21)27(37)32-23-13-20(28(3,4)5)14-24(26(23)40-6)33-41(7,38)39/h8-9,12-16,21,33H,10-11H2,1-7H3,(H,32,37). The topological polar surface area (TPSA) is 139 Å². The largest absolute Gasteiger partial charge is 0.492 e. The molecule has 216 valence electrons. The summed E-state index contributed by atoms with van der Waals surface area (Å²) in [6.07, 6.45) is 6.72. The second kappa shape index (κ2) is 10.1. The first kappa shape index (κ1) is 28.5. The van der Waals surface area contributed by atoms with Crippen LogP contribution in [0.15, 0.2) is 52.0 Å². The smallest absolute Gasteiger partial charge is 0.255 e. The number of carbonyl (C=O) groups is 1. The van der Waals surface area contributed by atoms with Crippen LogP contribution in [0.5, 0.6) is 5.75 Å². The van der Waals surface area contributed by atoms with Crippen LogP contribution in [0.25, 0.3) is 0 Å². The van der Waals surface area contributed by atoms with E-state index < -0.39 is 21.5 Å². The Morgan fingerprint density at radius 2 is 1.83 bits per heavy atom. The van der Waals surface area contributed by atoms with Crippen molar-refractivity contribution in [1.82, 2.24) is 9.55 Å². The molecule has 5 rings (SSSR count). The van der Waals surface area contributed by atoms with Gasteiger partial charge in [0.25, 0.3) is 5.91 Å². The maximum atomic E-state index is 13.7. The van der Waals surface area contributed by atoms with Gasteiger partial charge in [-0.2, -0.15) is 0 Å². The Bertz CT molecular complexity index is 1680. The van der Waals surface area contributed by atoms with E-state index in [1.54, 1.807) is 30.5 Å². The number of nitrogens with zero attached hydrogens (tertiary/aromatic N) is 5. The summed E-state index contributed by atoms with van der Waals surface area (Å²) in [5.41, 5.74) is 2.99. The van der Waals surface area contributed by atoms with E-state index in [1.165, 1.54) is 7.11 Å². The van der Waals surface area contributed by atoms with Crippen molar-refractivity contribution in [2.75, 3.05) is 23.4 Å². The summed E-state index contributed by atoms with van der Waals surface area (Å²) in [5.74, 6) is 0.712. The second-order valence-electron chi connectivity index (χ2n) is 11.7. The molecule has 1 amide bonds. The third kappa shape index (κ3) is 5.48. The number of carbonyl (C=O) groups excluding carboxylic acids is 1. The summed E-state index contributed by atoms with van der Waals surface area (Å²) < 4.78 is 34.5. The summed E-state index contributed by atoms with van der Waals surface area (Å²) in [6.45, 7) is 9.94. The number of hydrogen-bond acceptors (Lipinski definition) is 8. The Labute approximate surface area is 240 Å². The molecule has 1 aliphatic carbocycles. The van der Waals surface area contributed by atoms with Gasteiger partial charge in [-0.05, 0) is 78.3 Å².